The minimum atomic E-state index is -1.74. The molecule has 0 spiro atoms. The van der Waals surface area contributed by atoms with Crippen LogP contribution in [0.15, 0.2) is 0 Å². The predicted octanol–water partition coefficient (Wildman–Crippen LogP) is 0.250. The third kappa shape index (κ3) is 6.88. The lowest BCUT2D eigenvalue weighted by atomic mass is 9.99. The Balaban J connectivity index is 2.40. The fraction of sp³-hybridized carbons (Fsp3) is 1.00. The Hall–Kier alpha value is 0.154. The summed E-state index contributed by atoms with van der Waals surface area (Å²) in [6.45, 7) is 10.8. The Kier molecular flexibility index (Phi) is 7.83. The minimum Gasteiger partial charge on any atom is -0.456 e. The van der Waals surface area contributed by atoms with E-state index < -0.39 is 53.9 Å². The van der Waals surface area contributed by atoms with Crippen molar-refractivity contribution in [2.75, 3.05) is 13.2 Å². The van der Waals surface area contributed by atoms with Crippen LogP contribution in [0, 0.1) is 0 Å². The summed E-state index contributed by atoms with van der Waals surface area (Å²) in [5.74, 6) is 0. The minimum absolute atomic E-state index is 0.355. The molecule has 23 heavy (non-hydrogen) atoms. The van der Waals surface area contributed by atoms with Gasteiger partial charge in [0.05, 0.1) is 6.61 Å². The van der Waals surface area contributed by atoms with Crippen LogP contribution in [0.2, 0.25) is 38.8 Å². The van der Waals surface area contributed by atoms with Crippen LogP contribution in [0.25, 0.3) is 0 Å². The summed E-state index contributed by atoms with van der Waals surface area (Å²) in [7, 11) is -3.30. The molecule has 1 heterocycles. The van der Waals surface area contributed by atoms with Crippen molar-refractivity contribution >= 4 is 16.6 Å². The van der Waals surface area contributed by atoms with Crippen molar-refractivity contribution in [3.8, 4) is 0 Å². The van der Waals surface area contributed by atoms with E-state index in [1.54, 1.807) is 0 Å². The zero-order valence-electron chi connectivity index (χ0n) is 14.7. The highest BCUT2D eigenvalue weighted by Gasteiger charge is 2.44. The lowest BCUT2D eigenvalue weighted by molar-refractivity contribution is -0.301. The van der Waals surface area contributed by atoms with Gasteiger partial charge in [0.15, 0.2) is 22.9 Å². The van der Waals surface area contributed by atoms with E-state index in [2.05, 4.69) is 32.7 Å². The standard InChI is InChI=1S/C14H32O7Si2/c1-22(2,3)21-23(4,5)8-6-7-19-14-13(18)12(17)11(16)10(9-15)20-14/h10-18H,6-9H2,1-5H3/t10-,11-,12+,13-,14-/m1/s1. The average molecular weight is 369 g/mol. The number of rotatable bonds is 8. The average Bonchev–Trinajstić information content (AvgIpc) is 2.40. The van der Waals surface area contributed by atoms with Gasteiger partial charge in [-0.25, -0.2) is 0 Å². The molecule has 5 atom stereocenters. The monoisotopic (exact) mass is 368 g/mol. The third-order valence-electron chi connectivity index (χ3n) is 3.64. The highest BCUT2D eigenvalue weighted by molar-refractivity contribution is 6.84. The molecule has 0 amide bonds. The van der Waals surface area contributed by atoms with Crippen LogP contribution in [0.4, 0.5) is 0 Å². The second kappa shape index (κ2) is 8.50. The van der Waals surface area contributed by atoms with Gasteiger partial charge in [-0.2, -0.15) is 0 Å². The molecular weight excluding hydrogens is 336 g/mol. The summed E-state index contributed by atoms with van der Waals surface area (Å²) in [6.07, 6.45) is -5.30. The van der Waals surface area contributed by atoms with E-state index in [-0.39, 0.29) is 0 Å². The van der Waals surface area contributed by atoms with Gasteiger partial charge in [0, 0.05) is 6.61 Å². The van der Waals surface area contributed by atoms with Crippen LogP contribution < -0.4 is 0 Å². The van der Waals surface area contributed by atoms with Gasteiger partial charge in [-0.1, -0.05) is 0 Å². The Labute approximate surface area is 140 Å². The van der Waals surface area contributed by atoms with E-state index >= 15 is 0 Å². The molecule has 9 heteroatoms. The maximum absolute atomic E-state index is 9.88. The molecule has 0 aromatic carbocycles. The van der Waals surface area contributed by atoms with E-state index in [9.17, 15) is 15.3 Å². The summed E-state index contributed by atoms with van der Waals surface area (Å²) < 4.78 is 17.0. The van der Waals surface area contributed by atoms with Gasteiger partial charge in [0.1, 0.15) is 24.4 Å². The smallest absolute Gasteiger partial charge is 0.186 e. The molecule has 1 aliphatic rings. The third-order valence-corrected chi connectivity index (χ3v) is 9.85. The summed E-state index contributed by atoms with van der Waals surface area (Å²) in [5.41, 5.74) is 0. The summed E-state index contributed by atoms with van der Waals surface area (Å²) in [5, 5.41) is 38.4. The van der Waals surface area contributed by atoms with E-state index in [0.717, 1.165) is 12.5 Å². The largest absolute Gasteiger partial charge is 0.456 e. The molecule has 1 saturated heterocycles. The molecule has 0 bridgehead atoms. The van der Waals surface area contributed by atoms with Gasteiger partial charge < -0.3 is 34.0 Å². The van der Waals surface area contributed by atoms with Gasteiger partial charge in [-0.05, 0) is 45.2 Å². The molecule has 4 N–H and O–H groups in total. The number of ether oxygens (including phenoxy) is 2. The van der Waals surface area contributed by atoms with Crippen LogP contribution in [0.1, 0.15) is 6.42 Å². The van der Waals surface area contributed by atoms with Crippen molar-refractivity contribution in [3.05, 3.63) is 0 Å². The first kappa shape index (κ1) is 21.2. The molecule has 0 aliphatic carbocycles. The van der Waals surface area contributed by atoms with Crippen molar-refractivity contribution in [3.63, 3.8) is 0 Å². The molecule has 1 aliphatic heterocycles. The first-order chi connectivity index (χ1) is 10.5. The van der Waals surface area contributed by atoms with Gasteiger partial charge in [0.2, 0.25) is 0 Å². The highest BCUT2D eigenvalue weighted by atomic mass is 28.4. The van der Waals surface area contributed by atoms with Gasteiger partial charge in [-0.3, -0.25) is 0 Å². The van der Waals surface area contributed by atoms with E-state index in [1.807, 2.05) is 0 Å². The first-order valence-electron chi connectivity index (χ1n) is 8.09. The number of aliphatic hydroxyl groups excluding tert-OH is 4. The first-order valence-corrected chi connectivity index (χ1v) is 14.6. The quantitative estimate of drug-likeness (QED) is 0.359. The van der Waals surface area contributed by atoms with Crippen molar-refractivity contribution in [1.29, 1.82) is 0 Å². The van der Waals surface area contributed by atoms with E-state index in [1.165, 1.54) is 0 Å². The number of hydrogen-bond donors (Lipinski definition) is 4. The fourth-order valence-electron chi connectivity index (χ4n) is 2.78. The maximum Gasteiger partial charge on any atom is 0.186 e. The Bertz CT molecular complexity index is 360. The van der Waals surface area contributed by atoms with Crippen LogP contribution in [-0.2, 0) is 13.6 Å². The lowest BCUT2D eigenvalue weighted by Gasteiger charge is -2.39. The normalized spacial score (nSPS) is 33.0. The molecular formula is C14H32O7Si2. The lowest BCUT2D eigenvalue weighted by Crippen LogP contribution is -2.59. The summed E-state index contributed by atoms with van der Waals surface area (Å²) in [6, 6.07) is 0.925. The molecule has 0 aromatic heterocycles. The summed E-state index contributed by atoms with van der Waals surface area (Å²) in [4.78, 5) is 0. The van der Waals surface area contributed by atoms with Crippen molar-refractivity contribution in [2.24, 2.45) is 0 Å². The van der Waals surface area contributed by atoms with Crippen LogP contribution in [0.5, 0.6) is 0 Å². The second-order valence-electron chi connectivity index (χ2n) is 7.65. The van der Waals surface area contributed by atoms with Crippen molar-refractivity contribution in [1.82, 2.24) is 0 Å². The van der Waals surface area contributed by atoms with Gasteiger partial charge >= 0.3 is 0 Å². The topological polar surface area (TPSA) is 109 Å². The van der Waals surface area contributed by atoms with Crippen LogP contribution >= 0.6 is 0 Å². The van der Waals surface area contributed by atoms with Gasteiger partial charge in [-0.15, -0.1) is 0 Å². The highest BCUT2D eigenvalue weighted by Crippen LogP contribution is 2.23. The van der Waals surface area contributed by atoms with Crippen LogP contribution in [0.3, 0.4) is 0 Å². The van der Waals surface area contributed by atoms with E-state index in [4.69, 9.17) is 18.7 Å². The molecule has 0 aromatic rings. The van der Waals surface area contributed by atoms with E-state index in [0.29, 0.717) is 6.61 Å². The zero-order chi connectivity index (χ0) is 17.8. The molecule has 1 fully saturated rings. The number of hydrogen-bond acceptors (Lipinski definition) is 7. The Morgan fingerprint density at radius 1 is 0.957 bits per heavy atom. The molecule has 0 unspecified atom stereocenters. The molecule has 0 saturated carbocycles. The Morgan fingerprint density at radius 3 is 2.09 bits per heavy atom. The molecule has 138 valence electrons. The van der Waals surface area contributed by atoms with Crippen molar-refractivity contribution in [2.45, 2.75) is 75.9 Å². The van der Waals surface area contributed by atoms with Crippen LogP contribution in [-0.4, -0.2) is 81.0 Å². The Morgan fingerprint density at radius 2 is 1.57 bits per heavy atom. The predicted molar refractivity (Wildman–Crippen MR) is 91.1 cm³/mol. The molecule has 0 radical (unpaired) electrons. The molecule has 7 nitrogen and oxygen atoms in total. The van der Waals surface area contributed by atoms with Gasteiger partial charge in [0.25, 0.3) is 0 Å². The fourth-order valence-corrected chi connectivity index (χ4v) is 10.8. The van der Waals surface area contributed by atoms with Crippen molar-refractivity contribution < 1.29 is 34.0 Å². The zero-order valence-corrected chi connectivity index (χ0v) is 16.7. The SMILES string of the molecule is C[Si](C)(C)O[Si](C)(C)CCCO[C@@H]1O[C@H](CO)[C@@H](O)[C@H](O)[C@H]1O. The summed E-state index contributed by atoms with van der Waals surface area (Å²) >= 11 is 0. The molecule has 1 rings (SSSR count). The number of aliphatic hydroxyl groups is 4. The maximum atomic E-state index is 9.88. The second-order valence-corrected chi connectivity index (χ2v) is 16.7.